The first-order valence-corrected chi connectivity index (χ1v) is 9.05. The molecule has 0 amide bonds. The van der Waals surface area contributed by atoms with Crippen LogP contribution in [0.2, 0.25) is 0 Å². The normalized spacial score (nSPS) is 17.8. The summed E-state index contributed by atoms with van der Waals surface area (Å²) in [6.45, 7) is 0.301. The van der Waals surface area contributed by atoms with E-state index in [1.165, 1.54) is 0 Å². The summed E-state index contributed by atoms with van der Waals surface area (Å²) in [5.41, 5.74) is 6.44. The van der Waals surface area contributed by atoms with E-state index >= 15 is 0 Å². The maximum atomic E-state index is 12.1. The van der Waals surface area contributed by atoms with Crippen molar-refractivity contribution in [1.29, 1.82) is 0 Å². The highest BCUT2D eigenvalue weighted by Gasteiger charge is 2.30. The molecule has 0 bridgehead atoms. The molecule has 6 heteroatoms. The van der Waals surface area contributed by atoms with Crippen molar-refractivity contribution in [2.45, 2.75) is 43.6 Å². The molecule has 0 spiro atoms. The van der Waals surface area contributed by atoms with Crippen LogP contribution in [0, 0.1) is 0 Å². The van der Waals surface area contributed by atoms with E-state index in [1.807, 2.05) is 18.2 Å². The number of hydrogen-bond donors (Lipinski definition) is 2. The van der Waals surface area contributed by atoms with Gasteiger partial charge in [0.05, 0.1) is 11.0 Å². The first-order chi connectivity index (χ1) is 10.0. The lowest BCUT2D eigenvalue weighted by Gasteiger charge is -2.17. The molecule has 0 saturated heterocycles. The fourth-order valence-corrected chi connectivity index (χ4v) is 4.66. The summed E-state index contributed by atoms with van der Waals surface area (Å²) in [6.07, 6.45) is 2.33. The Morgan fingerprint density at radius 1 is 1.29 bits per heavy atom. The summed E-state index contributed by atoms with van der Waals surface area (Å²) < 4.78 is 29.8. The molecule has 118 valence electrons. The Hall–Kier alpha value is -1.11. The predicted octanol–water partition coefficient (Wildman–Crippen LogP) is 1.24. The van der Waals surface area contributed by atoms with E-state index in [-0.39, 0.29) is 17.6 Å². The number of para-hydroxylation sites is 1. The van der Waals surface area contributed by atoms with Crippen LogP contribution in [0.3, 0.4) is 0 Å². The molecule has 0 aliphatic heterocycles. The summed E-state index contributed by atoms with van der Waals surface area (Å²) >= 11 is 0. The number of aliphatic hydroxyl groups is 1. The van der Waals surface area contributed by atoms with Crippen molar-refractivity contribution in [1.82, 2.24) is 0 Å². The first-order valence-electron chi connectivity index (χ1n) is 7.33. The molecule has 1 aliphatic carbocycles. The predicted molar refractivity (Wildman–Crippen MR) is 81.9 cm³/mol. The minimum absolute atomic E-state index is 0.0387. The summed E-state index contributed by atoms with van der Waals surface area (Å²) in [6, 6.07) is 7.28. The van der Waals surface area contributed by atoms with E-state index in [0.717, 1.165) is 18.4 Å². The van der Waals surface area contributed by atoms with Crippen molar-refractivity contribution < 1.29 is 18.3 Å². The largest absolute Gasteiger partial charge is 0.491 e. The van der Waals surface area contributed by atoms with Crippen molar-refractivity contribution in [3.63, 3.8) is 0 Å². The number of hydrogen-bond acceptors (Lipinski definition) is 5. The number of rotatable bonds is 7. The molecule has 1 atom stereocenters. The molecular weight excluding hydrogens is 290 g/mol. The maximum Gasteiger partial charge on any atom is 0.155 e. The first kappa shape index (κ1) is 16.3. The lowest BCUT2D eigenvalue weighted by atomic mass is 10.2. The standard InChI is InChI=1S/C15H23NO4S/c16-9-12-5-1-4-8-15(12)20-10-13(17)11-21(18,19)14-6-2-3-7-14/h1,4-5,8,13-14,17H,2-3,6-7,9-11,16H2. The summed E-state index contributed by atoms with van der Waals surface area (Å²) in [4.78, 5) is 0. The van der Waals surface area contributed by atoms with Crippen LogP contribution in [0.1, 0.15) is 31.2 Å². The molecule has 2 rings (SSSR count). The van der Waals surface area contributed by atoms with Gasteiger partial charge in [-0.05, 0) is 18.9 Å². The van der Waals surface area contributed by atoms with Gasteiger partial charge in [0.2, 0.25) is 0 Å². The second-order valence-electron chi connectivity index (χ2n) is 5.51. The van der Waals surface area contributed by atoms with Crippen molar-refractivity contribution in [2.75, 3.05) is 12.4 Å². The average Bonchev–Trinajstić information content (AvgIpc) is 3.00. The van der Waals surface area contributed by atoms with Crippen LogP contribution in [-0.2, 0) is 16.4 Å². The van der Waals surface area contributed by atoms with Crippen molar-refractivity contribution in [3.8, 4) is 5.75 Å². The molecule has 3 N–H and O–H groups in total. The van der Waals surface area contributed by atoms with E-state index in [2.05, 4.69) is 0 Å². The molecule has 1 aliphatic rings. The highest BCUT2D eigenvalue weighted by atomic mass is 32.2. The number of benzene rings is 1. The molecule has 21 heavy (non-hydrogen) atoms. The van der Waals surface area contributed by atoms with Gasteiger partial charge in [-0.15, -0.1) is 0 Å². The molecule has 1 aromatic carbocycles. The smallest absolute Gasteiger partial charge is 0.155 e. The zero-order valence-electron chi connectivity index (χ0n) is 12.1. The van der Waals surface area contributed by atoms with Gasteiger partial charge in [0.1, 0.15) is 18.5 Å². The Balaban J connectivity index is 1.88. The van der Waals surface area contributed by atoms with Gasteiger partial charge >= 0.3 is 0 Å². The third-order valence-electron chi connectivity index (χ3n) is 3.86. The summed E-state index contributed by atoms with van der Waals surface area (Å²) in [7, 11) is -3.23. The minimum Gasteiger partial charge on any atom is -0.491 e. The van der Waals surface area contributed by atoms with Gasteiger partial charge in [0.15, 0.2) is 9.84 Å². The highest BCUT2D eigenvalue weighted by molar-refractivity contribution is 7.92. The monoisotopic (exact) mass is 313 g/mol. The molecule has 0 heterocycles. The van der Waals surface area contributed by atoms with Gasteiger partial charge in [0, 0.05) is 12.1 Å². The Morgan fingerprint density at radius 3 is 2.62 bits per heavy atom. The molecule has 1 unspecified atom stereocenters. The molecule has 0 aromatic heterocycles. The molecule has 1 saturated carbocycles. The molecule has 5 nitrogen and oxygen atoms in total. The SMILES string of the molecule is NCc1ccccc1OCC(O)CS(=O)(=O)C1CCCC1. The van der Waals surface area contributed by atoms with Gasteiger partial charge in [0.25, 0.3) is 0 Å². The van der Waals surface area contributed by atoms with Crippen LogP contribution in [0.5, 0.6) is 5.75 Å². The van der Waals surface area contributed by atoms with Gasteiger partial charge in [-0.25, -0.2) is 8.42 Å². The van der Waals surface area contributed by atoms with E-state index < -0.39 is 15.9 Å². The van der Waals surface area contributed by atoms with E-state index in [1.54, 1.807) is 6.07 Å². The second kappa shape index (κ2) is 7.24. The van der Waals surface area contributed by atoms with Crippen LogP contribution in [0.15, 0.2) is 24.3 Å². The Labute approximate surface area is 126 Å². The topological polar surface area (TPSA) is 89.6 Å². The van der Waals surface area contributed by atoms with Crippen LogP contribution in [0.4, 0.5) is 0 Å². The van der Waals surface area contributed by atoms with Crippen LogP contribution in [0.25, 0.3) is 0 Å². The quantitative estimate of drug-likeness (QED) is 0.790. The van der Waals surface area contributed by atoms with Gasteiger partial charge in [-0.1, -0.05) is 31.0 Å². The van der Waals surface area contributed by atoms with E-state index in [9.17, 15) is 13.5 Å². The van der Waals surface area contributed by atoms with E-state index in [4.69, 9.17) is 10.5 Å². The number of aliphatic hydroxyl groups excluding tert-OH is 1. The van der Waals surface area contributed by atoms with Crippen molar-refractivity contribution in [2.24, 2.45) is 5.73 Å². The molecule has 0 radical (unpaired) electrons. The van der Waals surface area contributed by atoms with Crippen molar-refractivity contribution >= 4 is 9.84 Å². The molecule has 1 aromatic rings. The number of ether oxygens (including phenoxy) is 1. The lowest BCUT2D eigenvalue weighted by Crippen LogP contribution is -2.32. The van der Waals surface area contributed by atoms with E-state index in [0.29, 0.717) is 25.1 Å². The Bertz CT molecular complexity index is 553. The Morgan fingerprint density at radius 2 is 1.95 bits per heavy atom. The Kier molecular flexibility index (Phi) is 5.61. The van der Waals surface area contributed by atoms with Crippen LogP contribution < -0.4 is 10.5 Å². The summed E-state index contributed by atoms with van der Waals surface area (Å²) in [5.74, 6) is 0.361. The lowest BCUT2D eigenvalue weighted by molar-refractivity contribution is 0.124. The highest BCUT2D eigenvalue weighted by Crippen LogP contribution is 2.25. The van der Waals surface area contributed by atoms with Crippen molar-refractivity contribution in [3.05, 3.63) is 29.8 Å². The fraction of sp³-hybridized carbons (Fsp3) is 0.600. The zero-order chi connectivity index (χ0) is 15.3. The molecule has 1 fully saturated rings. The third-order valence-corrected chi connectivity index (χ3v) is 6.20. The second-order valence-corrected chi connectivity index (χ2v) is 7.84. The minimum atomic E-state index is -3.23. The van der Waals surface area contributed by atoms with Gasteiger partial charge < -0.3 is 15.6 Å². The summed E-state index contributed by atoms with van der Waals surface area (Å²) in [5, 5.41) is 9.65. The van der Waals surface area contributed by atoms with Gasteiger partial charge in [-0.2, -0.15) is 0 Å². The zero-order valence-corrected chi connectivity index (χ0v) is 12.9. The van der Waals surface area contributed by atoms with Gasteiger partial charge in [-0.3, -0.25) is 0 Å². The maximum absolute atomic E-state index is 12.1. The fourth-order valence-electron chi connectivity index (χ4n) is 2.70. The van der Waals surface area contributed by atoms with Crippen LogP contribution in [-0.4, -0.2) is 37.2 Å². The average molecular weight is 313 g/mol. The third kappa shape index (κ3) is 4.43. The van der Waals surface area contributed by atoms with Crippen LogP contribution >= 0.6 is 0 Å². The number of nitrogens with two attached hydrogens (primary N) is 1. The number of sulfone groups is 1. The molecular formula is C15H23NO4S.